The number of nitrogens with zero attached hydrogens (tertiary/aromatic N) is 1. The molecule has 0 fully saturated rings. The number of rotatable bonds is 6. The fourth-order valence-electron chi connectivity index (χ4n) is 1.67. The van der Waals surface area contributed by atoms with Gasteiger partial charge >= 0.3 is 0 Å². The number of anilines is 1. The van der Waals surface area contributed by atoms with Gasteiger partial charge < -0.3 is 15.8 Å². The molecule has 3 N–H and O–H groups in total. The van der Waals surface area contributed by atoms with Crippen LogP contribution in [0.5, 0.6) is 5.75 Å². The molecule has 0 radical (unpaired) electrons. The number of para-hydroxylation sites is 2. The predicted molar refractivity (Wildman–Crippen MR) is 82.9 cm³/mol. The summed E-state index contributed by atoms with van der Waals surface area (Å²) >= 11 is 5.83. The molecule has 7 heteroatoms. The maximum atomic E-state index is 12.1. The van der Waals surface area contributed by atoms with Crippen LogP contribution in [0.4, 0.5) is 5.69 Å². The zero-order chi connectivity index (χ0) is 15.9. The predicted octanol–water partition coefficient (Wildman–Crippen LogP) is 2.24. The summed E-state index contributed by atoms with van der Waals surface area (Å²) in [4.78, 5) is 26.8. The Morgan fingerprint density at radius 3 is 2.77 bits per heavy atom. The lowest BCUT2D eigenvalue weighted by Crippen LogP contribution is -2.16. The number of halogens is 1. The van der Waals surface area contributed by atoms with Gasteiger partial charge in [0.05, 0.1) is 18.7 Å². The average Bonchev–Trinajstić information content (AvgIpc) is 2.48. The Morgan fingerprint density at radius 1 is 1.27 bits per heavy atom. The number of nitrogens with one attached hydrogen (secondary N) is 1. The van der Waals surface area contributed by atoms with Crippen molar-refractivity contribution < 1.29 is 14.3 Å². The van der Waals surface area contributed by atoms with Crippen molar-refractivity contribution in [2.24, 2.45) is 5.73 Å². The highest BCUT2D eigenvalue weighted by Gasteiger charge is 2.11. The highest BCUT2D eigenvalue weighted by atomic mass is 35.5. The minimum absolute atomic E-state index is 0.0954. The summed E-state index contributed by atoms with van der Waals surface area (Å²) in [5.74, 6) is -0.419. The molecule has 1 heterocycles. The zero-order valence-corrected chi connectivity index (χ0v) is 12.3. The normalized spacial score (nSPS) is 10.0. The van der Waals surface area contributed by atoms with Crippen LogP contribution in [0.25, 0.3) is 0 Å². The molecular formula is C15H14ClN3O3. The maximum Gasteiger partial charge on any atom is 0.274 e. The second-order valence-electron chi connectivity index (χ2n) is 4.37. The summed E-state index contributed by atoms with van der Waals surface area (Å²) in [6.45, 7) is 0.137. The van der Waals surface area contributed by atoms with Crippen molar-refractivity contribution in [3.63, 3.8) is 0 Å². The zero-order valence-electron chi connectivity index (χ0n) is 11.6. The van der Waals surface area contributed by atoms with Crippen LogP contribution in [-0.2, 0) is 4.79 Å². The Hall–Kier alpha value is -2.60. The van der Waals surface area contributed by atoms with Gasteiger partial charge in [0.25, 0.3) is 5.91 Å². The standard InChI is InChI=1S/C15H14ClN3O3/c16-10-5-7-18-12(9-10)15(21)19-11-3-1-2-4-13(11)22-8-6-14(17)20/h1-5,7,9H,6,8H2,(H2,17,20)(H,19,21). The molecule has 22 heavy (non-hydrogen) atoms. The van der Waals surface area contributed by atoms with Crippen LogP contribution in [-0.4, -0.2) is 23.4 Å². The van der Waals surface area contributed by atoms with Crippen molar-refractivity contribution in [3.8, 4) is 5.75 Å². The highest BCUT2D eigenvalue weighted by molar-refractivity contribution is 6.30. The molecular weight excluding hydrogens is 306 g/mol. The number of benzene rings is 1. The molecule has 0 saturated heterocycles. The van der Waals surface area contributed by atoms with E-state index in [9.17, 15) is 9.59 Å². The number of carbonyl (C=O) groups is 2. The lowest BCUT2D eigenvalue weighted by Gasteiger charge is -2.11. The number of amides is 2. The molecule has 0 aliphatic heterocycles. The molecule has 0 aliphatic carbocycles. The summed E-state index contributed by atoms with van der Waals surface area (Å²) in [5, 5.41) is 3.11. The van der Waals surface area contributed by atoms with E-state index in [1.165, 1.54) is 12.3 Å². The third-order valence-electron chi connectivity index (χ3n) is 2.70. The van der Waals surface area contributed by atoms with E-state index >= 15 is 0 Å². The number of aromatic nitrogens is 1. The third-order valence-corrected chi connectivity index (χ3v) is 2.93. The lowest BCUT2D eigenvalue weighted by molar-refractivity contribution is -0.118. The molecule has 1 aromatic carbocycles. The molecule has 0 spiro atoms. The van der Waals surface area contributed by atoms with E-state index in [1.807, 2.05) is 0 Å². The summed E-state index contributed by atoms with van der Waals surface area (Å²) in [5.41, 5.74) is 5.72. The first-order valence-corrected chi connectivity index (χ1v) is 6.87. The summed E-state index contributed by atoms with van der Waals surface area (Å²) in [6, 6.07) is 9.92. The Balaban J connectivity index is 2.09. The topological polar surface area (TPSA) is 94.3 Å². The number of carbonyl (C=O) groups excluding carboxylic acids is 2. The van der Waals surface area contributed by atoms with Crippen molar-refractivity contribution >= 4 is 29.1 Å². The number of hydrogen-bond donors (Lipinski definition) is 2. The number of ether oxygens (including phenoxy) is 1. The van der Waals surface area contributed by atoms with Crippen LogP contribution in [0.2, 0.25) is 5.02 Å². The second kappa shape index (κ2) is 7.42. The lowest BCUT2D eigenvalue weighted by atomic mass is 10.2. The van der Waals surface area contributed by atoms with Gasteiger partial charge in [0.15, 0.2) is 0 Å². The summed E-state index contributed by atoms with van der Waals surface area (Å²) in [7, 11) is 0. The average molecular weight is 320 g/mol. The van der Waals surface area contributed by atoms with Gasteiger partial charge in [-0.15, -0.1) is 0 Å². The highest BCUT2D eigenvalue weighted by Crippen LogP contribution is 2.24. The van der Waals surface area contributed by atoms with Gasteiger partial charge in [0.2, 0.25) is 5.91 Å². The van der Waals surface area contributed by atoms with E-state index in [1.54, 1.807) is 30.3 Å². The number of pyridine rings is 1. The molecule has 2 aromatic rings. The Labute approximate surface area is 132 Å². The second-order valence-corrected chi connectivity index (χ2v) is 4.81. The third kappa shape index (κ3) is 4.46. The monoisotopic (exact) mass is 319 g/mol. The van der Waals surface area contributed by atoms with Crippen LogP contribution in [0.3, 0.4) is 0 Å². The molecule has 0 saturated carbocycles. The van der Waals surface area contributed by atoms with Gasteiger partial charge in [-0.1, -0.05) is 23.7 Å². The number of primary amides is 1. The molecule has 0 bridgehead atoms. The molecule has 1 aromatic heterocycles. The van der Waals surface area contributed by atoms with Gasteiger partial charge in [0.1, 0.15) is 11.4 Å². The Bertz CT molecular complexity index is 691. The van der Waals surface area contributed by atoms with Gasteiger partial charge in [-0.2, -0.15) is 0 Å². The minimum atomic E-state index is -0.454. The van der Waals surface area contributed by atoms with E-state index in [0.717, 1.165) is 0 Å². The smallest absolute Gasteiger partial charge is 0.274 e. The molecule has 114 valence electrons. The van der Waals surface area contributed by atoms with E-state index < -0.39 is 11.8 Å². The van der Waals surface area contributed by atoms with Crippen molar-refractivity contribution in [3.05, 3.63) is 53.3 Å². The van der Waals surface area contributed by atoms with Crippen LogP contribution in [0.15, 0.2) is 42.6 Å². The quantitative estimate of drug-likeness (QED) is 0.853. The number of nitrogens with two attached hydrogens (primary N) is 1. The van der Waals surface area contributed by atoms with Crippen LogP contribution < -0.4 is 15.8 Å². The first-order chi connectivity index (χ1) is 10.6. The first-order valence-electron chi connectivity index (χ1n) is 6.49. The Kier molecular flexibility index (Phi) is 5.32. The van der Waals surface area contributed by atoms with Gasteiger partial charge in [-0.05, 0) is 24.3 Å². The molecule has 0 atom stereocenters. The fourth-order valence-corrected chi connectivity index (χ4v) is 1.83. The van der Waals surface area contributed by atoms with Gasteiger partial charge in [-0.3, -0.25) is 14.6 Å². The SMILES string of the molecule is NC(=O)CCOc1ccccc1NC(=O)c1cc(Cl)ccn1. The molecule has 0 unspecified atom stereocenters. The number of hydrogen-bond acceptors (Lipinski definition) is 4. The molecule has 2 rings (SSSR count). The van der Waals surface area contributed by atoms with Crippen LogP contribution in [0, 0.1) is 0 Å². The molecule has 6 nitrogen and oxygen atoms in total. The van der Waals surface area contributed by atoms with E-state index in [4.69, 9.17) is 22.1 Å². The van der Waals surface area contributed by atoms with Crippen molar-refractivity contribution in [2.45, 2.75) is 6.42 Å². The largest absolute Gasteiger partial charge is 0.491 e. The van der Waals surface area contributed by atoms with E-state index in [0.29, 0.717) is 16.5 Å². The van der Waals surface area contributed by atoms with E-state index in [-0.39, 0.29) is 18.7 Å². The maximum absolute atomic E-state index is 12.1. The van der Waals surface area contributed by atoms with Crippen LogP contribution in [0.1, 0.15) is 16.9 Å². The van der Waals surface area contributed by atoms with Crippen molar-refractivity contribution in [1.29, 1.82) is 0 Å². The van der Waals surface area contributed by atoms with Gasteiger partial charge in [-0.25, -0.2) is 0 Å². The minimum Gasteiger partial charge on any atom is -0.491 e. The van der Waals surface area contributed by atoms with Crippen molar-refractivity contribution in [1.82, 2.24) is 4.98 Å². The Morgan fingerprint density at radius 2 is 2.05 bits per heavy atom. The fraction of sp³-hybridized carbons (Fsp3) is 0.133. The van der Waals surface area contributed by atoms with E-state index in [2.05, 4.69) is 10.3 Å². The molecule has 2 amide bonds. The van der Waals surface area contributed by atoms with Gasteiger partial charge in [0, 0.05) is 11.2 Å². The molecule has 0 aliphatic rings. The van der Waals surface area contributed by atoms with Crippen LogP contribution >= 0.6 is 11.6 Å². The first kappa shape index (κ1) is 15.8. The summed E-state index contributed by atoms with van der Waals surface area (Å²) < 4.78 is 5.45. The summed E-state index contributed by atoms with van der Waals surface area (Å²) in [6.07, 6.45) is 1.55. The van der Waals surface area contributed by atoms with Crippen molar-refractivity contribution in [2.75, 3.05) is 11.9 Å².